The molecule has 24 aromatic carbocycles. The number of nitrogens with zero attached hydrogens (tertiary/aromatic N) is 6. The molecule has 6 heteroatoms. The molecule has 0 amide bonds. The highest BCUT2D eigenvalue weighted by Crippen LogP contribution is 2.51. The Hall–Kier alpha value is -18.1. The molecule has 716 valence electrons. The zero-order chi connectivity index (χ0) is 100. The minimum Gasteiger partial charge on any atom is -0.310 e. The molecule has 0 fully saturated rings. The number of fused-ring (bicyclic) bond motifs is 7. The number of hydrogen-bond donors (Lipinski definition) is 0. The SMILES string of the molecule is CCC(C)c1ccc(N(c2ccc(N(c3ccccc3)c3ccc4cc5ccccc5cc4c3)cc2)c2cccc3ccccc23)cc1.CCC(C)c1ccc(N(c2ccc(N(c3ccccc3)c3cccc4cc5ccccc5cc34)cc2)c2cccc3ccccc23)cc1.CCC(C)c1ccc(N(c2ccc(N(c3ccccc3-c3ccccc3)c3ccccc3-c3ccccc3)cc2)c2cccc3ccccc23)cc1. The first-order valence-corrected chi connectivity index (χ1v) is 52.1. The van der Waals surface area contributed by atoms with Crippen molar-refractivity contribution in [2.24, 2.45) is 0 Å². The number of hydrogen-bond acceptors (Lipinski definition) is 6. The van der Waals surface area contributed by atoms with Crippen LogP contribution in [0.2, 0.25) is 0 Å². The minimum atomic E-state index is 0.517. The van der Waals surface area contributed by atoms with Gasteiger partial charge in [-0.15, -0.1) is 0 Å². The second kappa shape index (κ2) is 43.6. The Balaban J connectivity index is 0.000000126. The number of benzene rings is 24. The van der Waals surface area contributed by atoms with Gasteiger partial charge in [0.15, 0.2) is 0 Å². The average Bonchev–Trinajstić information content (AvgIpc) is 0.769. The van der Waals surface area contributed by atoms with Gasteiger partial charge in [-0.25, -0.2) is 0 Å². The summed E-state index contributed by atoms with van der Waals surface area (Å²) in [5.41, 5.74) is 29.1. The maximum Gasteiger partial charge on any atom is 0.0540 e. The monoisotopic (exact) mass is 1910 g/mol. The van der Waals surface area contributed by atoms with Crippen LogP contribution in [0.15, 0.2) is 552 Å². The van der Waals surface area contributed by atoms with Crippen LogP contribution >= 0.6 is 0 Å². The highest BCUT2D eigenvalue weighted by molar-refractivity contribution is 6.09. The fraction of sp³-hybridized carbons (Fsp3) is 0.0845. The first-order valence-electron chi connectivity index (χ1n) is 52.1. The van der Waals surface area contributed by atoms with Gasteiger partial charge in [0, 0.05) is 101 Å². The summed E-state index contributed by atoms with van der Waals surface area (Å²) in [4.78, 5) is 14.3. The highest BCUT2D eigenvalue weighted by Gasteiger charge is 2.27. The predicted octanol–water partition coefficient (Wildman–Crippen LogP) is 41.8. The van der Waals surface area contributed by atoms with Gasteiger partial charge < -0.3 is 29.4 Å². The Morgan fingerprint density at radius 3 is 0.716 bits per heavy atom. The van der Waals surface area contributed by atoms with Crippen LogP contribution in [0.1, 0.15) is 95.2 Å². The molecule has 0 aromatic heterocycles. The Labute approximate surface area is 870 Å². The summed E-state index contributed by atoms with van der Waals surface area (Å²) in [7, 11) is 0. The first kappa shape index (κ1) is 94.8. The van der Waals surface area contributed by atoms with E-state index in [0.717, 1.165) is 116 Å². The largest absolute Gasteiger partial charge is 0.310 e. The van der Waals surface area contributed by atoms with E-state index in [1.807, 2.05) is 0 Å². The van der Waals surface area contributed by atoms with Crippen LogP contribution in [0.4, 0.5) is 102 Å². The van der Waals surface area contributed by atoms with Gasteiger partial charge >= 0.3 is 0 Å². The smallest absolute Gasteiger partial charge is 0.0540 e. The van der Waals surface area contributed by atoms with Crippen LogP contribution in [0.25, 0.3) is 97.7 Å². The summed E-state index contributed by atoms with van der Waals surface area (Å²) in [6.07, 6.45) is 3.36. The lowest BCUT2D eigenvalue weighted by molar-refractivity contribution is 0.733. The lowest BCUT2D eigenvalue weighted by Gasteiger charge is -2.31. The Kier molecular flexibility index (Phi) is 27.9. The van der Waals surface area contributed by atoms with Crippen LogP contribution in [-0.2, 0) is 0 Å². The molecule has 0 saturated heterocycles. The molecule has 0 aliphatic rings. The van der Waals surface area contributed by atoms with Crippen LogP contribution in [0, 0.1) is 0 Å². The molecular formula is C142H118N6. The van der Waals surface area contributed by atoms with Crippen molar-refractivity contribution in [2.75, 3.05) is 29.4 Å². The fourth-order valence-corrected chi connectivity index (χ4v) is 21.0. The van der Waals surface area contributed by atoms with Crippen molar-refractivity contribution in [3.63, 3.8) is 0 Å². The van der Waals surface area contributed by atoms with Gasteiger partial charge in [0.1, 0.15) is 0 Å². The molecule has 3 atom stereocenters. The maximum atomic E-state index is 2.41. The third kappa shape index (κ3) is 19.9. The normalized spacial score (nSPS) is 11.9. The second-order valence-electron chi connectivity index (χ2n) is 38.6. The predicted molar refractivity (Wildman–Crippen MR) is 637 cm³/mol. The lowest BCUT2D eigenvalue weighted by Crippen LogP contribution is -2.14. The summed E-state index contributed by atoms with van der Waals surface area (Å²) in [6, 6.07) is 200. The standard InChI is InChI=1S/C50H42N2.2C46H38N2/c1-3-37(2)38-29-31-42(32-30-38)51(48-28-16-22-41-21-10-11-23-45(41)48)43-33-35-44(36-34-43)52(49-26-14-12-24-46(49)39-17-6-4-7-18-39)50-27-15-13-25-47(50)40-19-8-5-9-20-40;1-3-33(2)34-23-25-40(26-24-34)48(45-21-11-16-35-13-9-10-20-43(35)45)42-29-27-41(28-30-42)47(39-18-5-4-6-19-39)46-22-12-17-38-31-36-14-7-8-15-37(36)32-44(38)46;1-3-33(2)34-20-23-42(24-21-34)48(46-19-11-15-35-12-9-10-18-45(35)46)43-28-26-41(27-29-43)47(40-16-5-4-6-17-40)44-25-22-38-30-36-13-7-8-14-37(36)31-39(38)32-44/h4-37H,3H2,1-2H3;2*4-33H,3H2,1-2H3. The number of para-hydroxylation sites is 4. The van der Waals surface area contributed by atoms with Crippen molar-refractivity contribution >= 4 is 178 Å². The van der Waals surface area contributed by atoms with Crippen LogP contribution < -0.4 is 29.4 Å². The van der Waals surface area contributed by atoms with Gasteiger partial charge in [0.2, 0.25) is 0 Å². The molecule has 3 unspecified atom stereocenters. The van der Waals surface area contributed by atoms with E-state index in [1.165, 1.54) is 120 Å². The van der Waals surface area contributed by atoms with Crippen LogP contribution in [-0.4, -0.2) is 0 Å². The van der Waals surface area contributed by atoms with E-state index in [9.17, 15) is 0 Å². The third-order valence-electron chi connectivity index (χ3n) is 29.5. The van der Waals surface area contributed by atoms with Crippen molar-refractivity contribution in [3.8, 4) is 22.3 Å². The Morgan fingerprint density at radius 1 is 0.142 bits per heavy atom. The summed E-state index contributed by atoms with van der Waals surface area (Å²) < 4.78 is 0. The molecule has 0 saturated carbocycles. The molecule has 0 aliphatic heterocycles. The first-order chi connectivity index (χ1) is 73.0. The van der Waals surface area contributed by atoms with Crippen LogP contribution in [0.5, 0.6) is 0 Å². The van der Waals surface area contributed by atoms with Gasteiger partial charge in [-0.2, -0.15) is 0 Å². The summed E-state index contributed by atoms with van der Waals surface area (Å²) in [5, 5.41) is 17.3. The zero-order valence-corrected chi connectivity index (χ0v) is 84.6. The minimum absolute atomic E-state index is 0.517. The summed E-state index contributed by atoms with van der Waals surface area (Å²) in [6.45, 7) is 13.7. The van der Waals surface area contributed by atoms with Gasteiger partial charge in [-0.1, -0.05) is 387 Å². The quantitative estimate of drug-likeness (QED) is 0.0500. The van der Waals surface area contributed by atoms with Crippen molar-refractivity contribution in [1.29, 1.82) is 0 Å². The zero-order valence-electron chi connectivity index (χ0n) is 84.6. The van der Waals surface area contributed by atoms with E-state index in [4.69, 9.17) is 0 Å². The molecule has 148 heavy (non-hydrogen) atoms. The van der Waals surface area contributed by atoms with E-state index in [1.54, 1.807) is 0 Å². The number of anilines is 18. The van der Waals surface area contributed by atoms with Gasteiger partial charge in [0.05, 0.1) is 34.1 Å². The molecule has 24 rings (SSSR count). The molecule has 0 N–H and O–H groups in total. The lowest BCUT2D eigenvalue weighted by atomic mass is 9.98. The molecule has 0 spiro atoms. The Morgan fingerprint density at radius 2 is 0.365 bits per heavy atom. The summed E-state index contributed by atoms with van der Waals surface area (Å²) in [5.74, 6) is 1.57. The topological polar surface area (TPSA) is 19.4 Å². The molecule has 0 aliphatic carbocycles. The van der Waals surface area contributed by atoms with Crippen molar-refractivity contribution in [3.05, 3.63) is 569 Å². The third-order valence-corrected chi connectivity index (χ3v) is 29.5. The van der Waals surface area contributed by atoms with E-state index in [0.29, 0.717) is 17.8 Å². The van der Waals surface area contributed by atoms with Crippen LogP contribution in [0.3, 0.4) is 0 Å². The molecule has 0 radical (unpaired) electrons. The van der Waals surface area contributed by atoms with Crippen molar-refractivity contribution in [1.82, 2.24) is 0 Å². The average molecular weight is 1910 g/mol. The molecule has 6 nitrogen and oxygen atoms in total. The van der Waals surface area contributed by atoms with Gasteiger partial charge in [0.25, 0.3) is 0 Å². The van der Waals surface area contributed by atoms with E-state index in [-0.39, 0.29) is 0 Å². The van der Waals surface area contributed by atoms with E-state index < -0.39 is 0 Å². The van der Waals surface area contributed by atoms with Gasteiger partial charge in [-0.05, 0) is 325 Å². The second-order valence-corrected chi connectivity index (χ2v) is 38.6. The fourth-order valence-electron chi connectivity index (χ4n) is 21.0. The molecule has 0 bridgehead atoms. The number of rotatable bonds is 26. The van der Waals surface area contributed by atoms with Crippen molar-refractivity contribution in [2.45, 2.75) is 78.6 Å². The van der Waals surface area contributed by atoms with Gasteiger partial charge in [-0.3, -0.25) is 0 Å². The van der Waals surface area contributed by atoms with E-state index >= 15 is 0 Å². The van der Waals surface area contributed by atoms with Crippen molar-refractivity contribution < 1.29 is 0 Å². The Bertz CT molecular complexity index is 8590. The van der Waals surface area contributed by atoms with E-state index in [2.05, 4.69) is 623 Å². The molecular weight excluding hydrogens is 1790 g/mol. The summed E-state index contributed by atoms with van der Waals surface area (Å²) >= 11 is 0. The maximum absolute atomic E-state index is 2.41. The molecule has 24 aromatic rings. The molecule has 0 heterocycles. The highest BCUT2D eigenvalue weighted by atomic mass is 15.2.